The van der Waals surface area contributed by atoms with Crippen molar-refractivity contribution in [2.75, 3.05) is 5.32 Å². The van der Waals surface area contributed by atoms with Gasteiger partial charge in [0, 0.05) is 18.2 Å². The van der Waals surface area contributed by atoms with Crippen LogP contribution in [0.15, 0.2) is 12.4 Å². The molecule has 124 valence electrons. The Morgan fingerprint density at radius 3 is 2.83 bits per heavy atom. The first-order valence-electron chi connectivity index (χ1n) is 8.09. The third kappa shape index (κ3) is 3.26. The van der Waals surface area contributed by atoms with Crippen LogP contribution in [0.3, 0.4) is 0 Å². The van der Waals surface area contributed by atoms with Crippen LogP contribution >= 0.6 is 0 Å². The van der Waals surface area contributed by atoms with Crippen LogP contribution in [0.25, 0.3) is 0 Å². The first-order valence-corrected chi connectivity index (χ1v) is 8.09. The summed E-state index contributed by atoms with van der Waals surface area (Å²) in [4.78, 5) is 12.4. The van der Waals surface area contributed by atoms with Gasteiger partial charge >= 0.3 is 0 Å². The SMILES string of the molecule is CCn1ncc(C)c1NC(=O)c1cn(C2CCC(N)CC2)nn1. The van der Waals surface area contributed by atoms with Crippen LogP contribution in [0.1, 0.15) is 54.7 Å². The van der Waals surface area contributed by atoms with Crippen LogP contribution in [0.2, 0.25) is 0 Å². The minimum atomic E-state index is -0.262. The molecule has 2 aromatic heterocycles. The summed E-state index contributed by atoms with van der Waals surface area (Å²) in [5, 5.41) is 15.2. The van der Waals surface area contributed by atoms with Crippen molar-refractivity contribution in [1.82, 2.24) is 24.8 Å². The van der Waals surface area contributed by atoms with Crippen molar-refractivity contribution in [3.8, 4) is 0 Å². The van der Waals surface area contributed by atoms with Gasteiger partial charge in [-0.3, -0.25) is 4.79 Å². The molecule has 3 N–H and O–H groups in total. The average Bonchev–Trinajstić information content (AvgIpc) is 3.16. The lowest BCUT2D eigenvalue weighted by Crippen LogP contribution is -2.28. The summed E-state index contributed by atoms with van der Waals surface area (Å²) in [7, 11) is 0. The van der Waals surface area contributed by atoms with Crippen molar-refractivity contribution >= 4 is 11.7 Å². The molecule has 0 bridgehead atoms. The van der Waals surface area contributed by atoms with Crippen molar-refractivity contribution in [3.05, 3.63) is 23.7 Å². The number of aromatic nitrogens is 5. The van der Waals surface area contributed by atoms with E-state index in [2.05, 4.69) is 20.7 Å². The topological polar surface area (TPSA) is 104 Å². The minimum absolute atomic E-state index is 0.262. The number of nitrogens with one attached hydrogen (secondary N) is 1. The number of nitrogens with two attached hydrogens (primary N) is 1. The maximum absolute atomic E-state index is 12.4. The molecule has 0 atom stereocenters. The maximum atomic E-state index is 12.4. The van der Waals surface area contributed by atoms with Gasteiger partial charge in [0.15, 0.2) is 5.69 Å². The predicted molar refractivity (Wildman–Crippen MR) is 86.1 cm³/mol. The molecule has 1 fully saturated rings. The summed E-state index contributed by atoms with van der Waals surface area (Å²) < 4.78 is 3.55. The standard InChI is InChI=1S/C15H23N7O/c1-3-21-14(10(2)8-17-21)18-15(23)13-9-22(20-19-13)12-6-4-11(16)5-7-12/h8-9,11-12H,3-7,16H2,1-2H3,(H,18,23). The van der Waals surface area contributed by atoms with Gasteiger partial charge < -0.3 is 11.1 Å². The van der Waals surface area contributed by atoms with Crippen molar-refractivity contribution in [2.24, 2.45) is 5.73 Å². The summed E-state index contributed by atoms with van der Waals surface area (Å²) >= 11 is 0. The number of aryl methyl sites for hydroxylation is 2. The molecule has 23 heavy (non-hydrogen) atoms. The van der Waals surface area contributed by atoms with Crippen LogP contribution in [-0.4, -0.2) is 36.7 Å². The second kappa shape index (κ2) is 6.49. The molecule has 8 heteroatoms. The highest BCUT2D eigenvalue weighted by Gasteiger charge is 2.22. The van der Waals surface area contributed by atoms with Gasteiger partial charge in [0.25, 0.3) is 5.91 Å². The fourth-order valence-electron chi connectivity index (χ4n) is 2.98. The molecule has 1 aliphatic carbocycles. The quantitative estimate of drug-likeness (QED) is 0.889. The Balaban J connectivity index is 1.70. The van der Waals surface area contributed by atoms with Gasteiger partial charge in [-0.15, -0.1) is 5.10 Å². The van der Waals surface area contributed by atoms with Crippen molar-refractivity contribution in [3.63, 3.8) is 0 Å². The van der Waals surface area contributed by atoms with E-state index in [1.54, 1.807) is 21.8 Å². The van der Waals surface area contributed by atoms with Gasteiger partial charge in [-0.1, -0.05) is 5.21 Å². The molecular formula is C15H23N7O. The Morgan fingerprint density at radius 1 is 1.39 bits per heavy atom. The molecule has 1 aliphatic rings. The molecule has 0 spiro atoms. The second-order valence-electron chi connectivity index (χ2n) is 6.10. The summed E-state index contributed by atoms with van der Waals surface area (Å²) in [6, 6.07) is 0.571. The summed E-state index contributed by atoms with van der Waals surface area (Å²) in [6.07, 6.45) is 7.39. The van der Waals surface area contributed by atoms with Crippen LogP contribution in [0, 0.1) is 6.92 Å². The third-order valence-corrected chi connectivity index (χ3v) is 4.41. The van der Waals surface area contributed by atoms with Gasteiger partial charge in [0.2, 0.25) is 0 Å². The Labute approximate surface area is 135 Å². The lowest BCUT2D eigenvalue weighted by molar-refractivity contribution is 0.102. The highest BCUT2D eigenvalue weighted by Crippen LogP contribution is 2.26. The molecule has 0 aromatic carbocycles. The molecule has 1 amide bonds. The van der Waals surface area contributed by atoms with Crippen LogP contribution in [-0.2, 0) is 6.54 Å². The number of nitrogens with zero attached hydrogens (tertiary/aromatic N) is 5. The van der Waals surface area contributed by atoms with Crippen molar-refractivity contribution in [2.45, 2.75) is 58.2 Å². The highest BCUT2D eigenvalue weighted by atomic mass is 16.2. The fourth-order valence-corrected chi connectivity index (χ4v) is 2.98. The Kier molecular flexibility index (Phi) is 4.42. The number of carbonyl (C=O) groups is 1. The van der Waals surface area contributed by atoms with Crippen LogP contribution in [0.4, 0.5) is 5.82 Å². The monoisotopic (exact) mass is 317 g/mol. The summed E-state index contributed by atoms with van der Waals surface area (Å²) in [5.74, 6) is 0.442. The molecule has 0 radical (unpaired) electrons. The van der Waals surface area contributed by atoms with Gasteiger partial charge in [0.05, 0.1) is 18.4 Å². The molecule has 8 nitrogen and oxygen atoms in total. The normalized spacial score (nSPS) is 21.3. The van der Waals surface area contributed by atoms with E-state index in [1.165, 1.54) is 0 Å². The van der Waals surface area contributed by atoms with E-state index >= 15 is 0 Å². The lowest BCUT2D eigenvalue weighted by atomic mass is 9.92. The van der Waals surface area contributed by atoms with Gasteiger partial charge in [-0.25, -0.2) is 9.36 Å². The first-order chi connectivity index (χ1) is 11.1. The molecule has 2 aromatic rings. The number of rotatable bonds is 4. The molecule has 0 aliphatic heterocycles. The zero-order valence-electron chi connectivity index (χ0n) is 13.6. The van der Waals surface area contributed by atoms with E-state index in [0.29, 0.717) is 18.1 Å². The van der Waals surface area contributed by atoms with E-state index in [4.69, 9.17) is 5.73 Å². The maximum Gasteiger partial charge on any atom is 0.278 e. The number of hydrogen-bond donors (Lipinski definition) is 2. The Hall–Kier alpha value is -2.22. The largest absolute Gasteiger partial charge is 0.328 e. The van der Waals surface area contributed by atoms with Gasteiger partial charge in [0.1, 0.15) is 5.82 Å². The molecular weight excluding hydrogens is 294 g/mol. The molecule has 1 saturated carbocycles. The van der Waals surface area contributed by atoms with Gasteiger partial charge in [-0.2, -0.15) is 5.10 Å². The zero-order valence-corrected chi connectivity index (χ0v) is 13.6. The predicted octanol–water partition coefficient (Wildman–Crippen LogP) is 1.50. The second-order valence-corrected chi connectivity index (χ2v) is 6.10. The lowest BCUT2D eigenvalue weighted by Gasteiger charge is -2.25. The number of hydrogen-bond acceptors (Lipinski definition) is 5. The molecule has 3 rings (SSSR count). The Bertz CT molecular complexity index is 682. The number of carbonyl (C=O) groups excluding carboxylic acids is 1. The smallest absolute Gasteiger partial charge is 0.278 e. The van der Waals surface area contributed by atoms with E-state index in [0.717, 1.165) is 31.2 Å². The third-order valence-electron chi connectivity index (χ3n) is 4.41. The highest BCUT2D eigenvalue weighted by molar-refractivity contribution is 6.02. The van der Waals surface area contributed by atoms with E-state index in [-0.39, 0.29) is 18.0 Å². The zero-order chi connectivity index (χ0) is 16.4. The Morgan fingerprint density at radius 2 is 2.13 bits per heavy atom. The van der Waals surface area contributed by atoms with Crippen LogP contribution in [0.5, 0.6) is 0 Å². The fraction of sp³-hybridized carbons (Fsp3) is 0.600. The molecule has 0 saturated heterocycles. The van der Waals surface area contributed by atoms with E-state index in [1.807, 2.05) is 13.8 Å². The van der Waals surface area contributed by atoms with E-state index in [9.17, 15) is 4.79 Å². The average molecular weight is 317 g/mol. The summed E-state index contributed by atoms with van der Waals surface area (Å²) in [5.41, 5.74) is 7.18. The van der Waals surface area contributed by atoms with Crippen molar-refractivity contribution < 1.29 is 4.79 Å². The van der Waals surface area contributed by atoms with Crippen LogP contribution < -0.4 is 11.1 Å². The number of amides is 1. The first kappa shape index (κ1) is 15.7. The molecule has 0 unspecified atom stereocenters. The summed E-state index contributed by atoms with van der Waals surface area (Å²) in [6.45, 7) is 4.58. The number of anilines is 1. The molecule has 2 heterocycles. The van der Waals surface area contributed by atoms with E-state index < -0.39 is 0 Å². The van der Waals surface area contributed by atoms with Gasteiger partial charge in [-0.05, 0) is 39.5 Å². The van der Waals surface area contributed by atoms with Crippen molar-refractivity contribution in [1.29, 1.82) is 0 Å². The minimum Gasteiger partial charge on any atom is -0.328 e.